The first-order chi connectivity index (χ1) is 41.5. The Labute approximate surface area is 487 Å². The lowest BCUT2D eigenvalue weighted by Crippen LogP contribution is -2.58. The molecule has 3 aliphatic heterocycles. The molecule has 13 heteroatoms. The third kappa shape index (κ3) is 11.8. The quantitative estimate of drug-likeness (QED) is 0.0654. The van der Waals surface area contributed by atoms with Crippen molar-refractivity contribution in [1.82, 2.24) is 14.5 Å². The number of benzene rings is 8. The molecule has 0 saturated carbocycles. The highest BCUT2D eigenvalue weighted by molar-refractivity contribution is 6.50. The predicted molar refractivity (Wildman–Crippen MR) is 320 cm³/mol. The monoisotopic (exact) mass is 1120 g/mol. The van der Waals surface area contributed by atoms with Crippen molar-refractivity contribution < 1.29 is 47.5 Å². The zero-order chi connectivity index (χ0) is 56.6. The van der Waals surface area contributed by atoms with Crippen LogP contribution < -0.4 is 14.2 Å². The topological polar surface area (TPSA) is 132 Å². The van der Waals surface area contributed by atoms with E-state index in [1.165, 1.54) is 4.90 Å². The number of carbonyl (C=O) groups excluding carboxylic acids is 2. The smallest absolute Gasteiger partial charge is 0.264 e. The highest BCUT2D eigenvalue weighted by atomic mass is 16.6. The van der Waals surface area contributed by atoms with Crippen molar-refractivity contribution in [3.63, 3.8) is 0 Å². The van der Waals surface area contributed by atoms with Crippen LogP contribution in [0, 0.1) is 0 Å². The SMILES string of the molecule is O=C1C(c2c[nH]c3cc4c(cc23)OCCO4)=C(c2cn(C3OC(CCc4ccccc4)C(OCc4ccccc4)C(OCc4ccccc4)C3OCc3ccccc3)c3ccc(OCc4ccccc4)cc23)C(=O)N1COCc1ccccc1. The number of fused-ring (bicyclic) bond motifs is 3. The molecule has 0 spiro atoms. The summed E-state index contributed by atoms with van der Waals surface area (Å²) in [4.78, 5) is 35.8. The van der Waals surface area contributed by atoms with Crippen molar-refractivity contribution in [2.45, 2.75) is 76.5 Å². The number of amides is 2. The van der Waals surface area contributed by atoms with Crippen LogP contribution in [-0.4, -0.2) is 70.6 Å². The molecule has 8 aromatic carbocycles. The van der Waals surface area contributed by atoms with Gasteiger partial charge in [-0.15, -0.1) is 0 Å². The minimum absolute atomic E-state index is 0.180. The first kappa shape index (κ1) is 54.2. The van der Waals surface area contributed by atoms with Crippen molar-refractivity contribution in [2.75, 3.05) is 19.9 Å². The first-order valence-electron chi connectivity index (χ1n) is 28.6. The van der Waals surface area contributed by atoms with Crippen molar-refractivity contribution in [3.05, 3.63) is 269 Å². The van der Waals surface area contributed by atoms with Crippen LogP contribution in [0.15, 0.2) is 225 Å². The molecule has 0 aliphatic carbocycles. The minimum Gasteiger partial charge on any atom is -0.489 e. The summed E-state index contributed by atoms with van der Waals surface area (Å²) in [6.07, 6.45) is 1.38. The van der Waals surface area contributed by atoms with Gasteiger partial charge in [-0.3, -0.25) is 9.59 Å². The third-order valence-corrected chi connectivity index (χ3v) is 15.7. The Morgan fingerprint density at radius 2 is 0.988 bits per heavy atom. The van der Waals surface area contributed by atoms with E-state index in [9.17, 15) is 0 Å². The van der Waals surface area contributed by atoms with Gasteiger partial charge in [0.1, 0.15) is 50.6 Å². The lowest BCUT2D eigenvalue weighted by molar-refractivity contribution is -0.283. The fourth-order valence-corrected chi connectivity index (χ4v) is 11.5. The molecule has 5 unspecified atom stereocenters. The van der Waals surface area contributed by atoms with Crippen LogP contribution in [0.25, 0.3) is 33.0 Å². The molecule has 1 fully saturated rings. The van der Waals surface area contributed by atoms with Crippen LogP contribution in [0.1, 0.15) is 57.2 Å². The number of H-pyrrole nitrogens is 1. The molecular formula is C71H63N3O10. The number of imide groups is 1. The van der Waals surface area contributed by atoms with Gasteiger partial charge in [0, 0.05) is 45.9 Å². The van der Waals surface area contributed by atoms with E-state index in [0.717, 1.165) is 33.4 Å². The summed E-state index contributed by atoms with van der Waals surface area (Å²) in [7, 11) is 0. The van der Waals surface area contributed by atoms with Gasteiger partial charge in [-0.05, 0) is 70.5 Å². The lowest BCUT2D eigenvalue weighted by atomic mass is 9.92. The number of ether oxygens (including phenoxy) is 8. The summed E-state index contributed by atoms with van der Waals surface area (Å²) < 4.78 is 56.3. The second-order valence-corrected chi connectivity index (χ2v) is 21.3. The van der Waals surface area contributed by atoms with Gasteiger partial charge < -0.3 is 47.4 Å². The Kier molecular flexibility index (Phi) is 16.2. The molecule has 1 saturated heterocycles. The van der Waals surface area contributed by atoms with Gasteiger partial charge in [-0.2, -0.15) is 0 Å². The van der Waals surface area contributed by atoms with Gasteiger partial charge in [0.05, 0.1) is 49.2 Å². The average molecular weight is 1120 g/mol. The van der Waals surface area contributed by atoms with Crippen molar-refractivity contribution in [3.8, 4) is 17.2 Å². The number of hydrogen-bond donors (Lipinski definition) is 1. The summed E-state index contributed by atoms with van der Waals surface area (Å²) in [6, 6.07) is 69.9. The van der Waals surface area contributed by atoms with E-state index < -0.39 is 42.5 Å². The predicted octanol–water partition coefficient (Wildman–Crippen LogP) is 13.2. The highest BCUT2D eigenvalue weighted by Crippen LogP contribution is 2.47. The molecule has 13 nitrogen and oxygen atoms in total. The highest BCUT2D eigenvalue weighted by Gasteiger charge is 2.50. The van der Waals surface area contributed by atoms with Crippen molar-refractivity contribution in [2.24, 2.45) is 0 Å². The van der Waals surface area contributed by atoms with E-state index in [1.54, 1.807) is 6.20 Å². The van der Waals surface area contributed by atoms with Crippen LogP contribution in [-0.2, 0) is 72.7 Å². The van der Waals surface area contributed by atoms with Gasteiger partial charge in [0.2, 0.25) is 0 Å². The maximum absolute atomic E-state index is 15.7. The maximum atomic E-state index is 15.7. The number of hydrogen-bond acceptors (Lipinski definition) is 10. The molecular weight excluding hydrogens is 1050 g/mol. The zero-order valence-electron chi connectivity index (χ0n) is 46.3. The van der Waals surface area contributed by atoms with Gasteiger partial charge >= 0.3 is 0 Å². The summed E-state index contributed by atoms with van der Waals surface area (Å²) in [6.45, 7) is 1.74. The molecule has 2 aromatic heterocycles. The lowest BCUT2D eigenvalue weighted by Gasteiger charge is -2.47. The molecule has 13 rings (SSSR count). The molecule has 3 aliphatic rings. The fraction of sp³-hybridized carbons (Fsp3) is 0.211. The number of nitrogens with one attached hydrogen (secondary N) is 1. The van der Waals surface area contributed by atoms with E-state index in [2.05, 4.69) is 58.1 Å². The Bertz CT molecular complexity index is 3890. The van der Waals surface area contributed by atoms with E-state index in [-0.39, 0.29) is 37.7 Å². The van der Waals surface area contributed by atoms with Crippen LogP contribution in [0.4, 0.5) is 0 Å². The molecule has 422 valence electrons. The van der Waals surface area contributed by atoms with Gasteiger partial charge in [-0.1, -0.05) is 182 Å². The molecule has 2 amide bonds. The molecule has 5 heterocycles. The number of aryl methyl sites for hydroxylation is 1. The second-order valence-electron chi connectivity index (χ2n) is 21.3. The number of rotatable bonds is 22. The van der Waals surface area contributed by atoms with Crippen LogP contribution in [0.2, 0.25) is 0 Å². The minimum atomic E-state index is -0.891. The first-order valence-corrected chi connectivity index (χ1v) is 28.6. The number of aromatic amines is 1. The summed E-state index contributed by atoms with van der Waals surface area (Å²) in [5, 5.41) is 1.33. The third-order valence-electron chi connectivity index (χ3n) is 15.7. The maximum Gasteiger partial charge on any atom is 0.264 e. The summed E-state index contributed by atoms with van der Waals surface area (Å²) >= 11 is 0. The second kappa shape index (κ2) is 25.2. The van der Waals surface area contributed by atoms with Crippen LogP contribution >= 0.6 is 0 Å². The number of nitrogens with zero attached hydrogens (tertiary/aromatic N) is 2. The van der Waals surface area contributed by atoms with E-state index in [1.807, 2.05) is 170 Å². The summed E-state index contributed by atoms with van der Waals surface area (Å²) in [5.74, 6) is 0.655. The zero-order valence-corrected chi connectivity index (χ0v) is 46.3. The van der Waals surface area contributed by atoms with E-state index in [0.29, 0.717) is 89.5 Å². The average Bonchev–Trinajstić information content (AvgIpc) is 3.57. The fourth-order valence-electron chi connectivity index (χ4n) is 11.5. The standard InChI is InChI=1S/C71H63N3O10/c75-69-64(57-40-72-59-39-63-62(38-55(57)59)78-35-36-79-63)65(70(76)74(69)47-77-42-49-21-9-2-10-22-49)58-41-73(60-33-32-54(37-56(58)60)80-43-50-23-11-3-12-24-50)71-68(83-46-53-29-17-6-18-30-53)67(82-45-52-27-15-5-16-28-52)66(81-44-51-25-13-4-14-26-51)61(84-71)34-31-48-19-7-1-8-20-48/h1-30,32-33,37-41,61,66-68,71-72H,31,34-36,42-47H2. The molecule has 0 bridgehead atoms. The Balaban J connectivity index is 0.989. The number of aromatic nitrogens is 2. The van der Waals surface area contributed by atoms with E-state index >= 15 is 9.59 Å². The Hall–Kier alpha value is -9.08. The normalized spacial score (nSPS) is 18.7. The Morgan fingerprint density at radius 1 is 0.488 bits per heavy atom. The molecule has 1 N–H and O–H groups in total. The largest absolute Gasteiger partial charge is 0.489 e. The van der Waals surface area contributed by atoms with Gasteiger partial charge in [-0.25, -0.2) is 4.90 Å². The molecule has 5 atom stereocenters. The van der Waals surface area contributed by atoms with Crippen LogP contribution in [0.3, 0.4) is 0 Å². The van der Waals surface area contributed by atoms with Crippen molar-refractivity contribution >= 4 is 44.8 Å². The van der Waals surface area contributed by atoms with Gasteiger partial charge in [0.15, 0.2) is 17.7 Å². The molecule has 84 heavy (non-hydrogen) atoms. The van der Waals surface area contributed by atoms with Crippen molar-refractivity contribution in [1.29, 1.82) is 0 Å². The molecule has 10 aromatic rings. The molecule has 0 radical (unpaired) electrons. The van der Waals surface area contributed by atoms with Gasteiger partial charge in [0.25, 0.3) is 11.8 Å². The van der Waals surface area contributed by atoms with E-state index in [4.69, 9.17) is 37.9 Å². The Morgan fingerprint density at radius 3 is 1.57 bits per heavy atom. The van der Waals surface area contributed by atoms with Crippen LogP contribution in [0.5, 0.6) is 17.2 Å². The summed E-state index contributed by atoms with van der Waals surface area (Å²) in [5.41, 5.74) is 8.78. The number of carbonyl (C=O) groups is 2.